The number of carbonyl (C=O) groups is 5. The van der Waals surface area contributed by atoms with Gasteiger partial charge in [-0.1, -0.05) is 67.6 Å². The van der Waals surface area contributed by atoms with Crippen LogP contribution in [0.1, 0.15) is 72.0 Å². The highest BCUT2D eigenvalue weighted by Gasteiger charge is 2.38. The summed E-state index contributed by atoms with van der Waals surface area (Å²) >= 11 is 0. The van der Waals surface area contributed by atoms with Crippen molar-refractivity contribution in [3.05, 3.63) is 101 Å². The Hall–Kier alpha value is -5.49. The number of rotatable bonds is 17. The first-order valence-electron chi connectivity index (χ1n) is 17.6. The number of hydrogen-bond acceptors (Lipinski definition) is 8. The van der Waals surface area contributed by atoms with E-state index < -0.39 is 52.1 Å². The Bertz CT molecular complexity index is 1900. The van der Waals surface area contributed by atoms with E-state index in [0.29, 0.717) is 19.4 Å². The standard InChI is InChI=1S/C36H48N6O6S.C2HF3O2/c1-7-32(36(46)37-8-2)41-33(43)25(4)38-23-30(19-26-15-11-9-12-16-26)40-35(45)29-20-28(21-31(22-29)42(5)49(6,47)48)34(44)39-24(3)27-17-13-10-14-18-27;3-2(4,5)1(6)7/h9-18,20-22,24-25,30,32,38H,7-8,19,23H2,1-6H3,(H,37,46)(H,39,44)(H,40,45)(H,41,43);(H,6,7)/t24-,25?,30+,32+;/m1./s1. The van der Waals surface area contributed by atoms with Crippen LogP contribution in [-0.4, -0.2) is 93.8 Å². The van der Waals surface area contributed by atoms with Crippen LogP contribution in [0, 0.1) is 0 Å². The second-order valence-corrected chi connectivity index (χ2v) is 14.8. The Morgan fingerprint density at radius 2 is 1.32 bits per heavy atom. The highest BCUT2D eigenvalue weighted by molar-refractivity contribution is 7.92. The van der Waals surface area contributed by atoms with Crippen LogP contribution >= 0.6 is 0 Å². The number of benzene rings is 3. The minimum Gasteiger partial charge on any atom is -0.475 e. The van der Waals surface area contributed by atoms with Crippen molar-refractivity contribution in [2.75, 3.05) is 30.7 Å². The third-order valence-electron chi connectivity index (χ3n) is 8.31. The molecule has 0 fully saturated rings. The predicted octanol–water partition coefficient (Wildman–Crippen LogP) is 3.56. The zero-order valence-corrected chi connectivity index (χ0v) is 32.8. The Morgan fingerprint density at radius 1 is 0.804 bits per heavy atom. The minimum atomic E-state index is -5.08. The summed E-state index contributed by atoms with van der Waals surface area (Å²) in [6.45, 7) is 7.76. The van der Waals surface area contributed by atoms with Crippen molar-refractivity contribution in [1.29, 1.82) is 0 Å². The number of nitrogens with one attached hydrogen (secondary N) is 5. The molecule has 56 heavy (non-hydrogen) atoms. The van der Waals surface area contributed by atoms with E-state index in [1.165, 1.54) is 25.2 Å². The number of amides is 4. The number of hydrogen-bond donors (Lipinski definition) is 6. The smallest absolute Gasteiger partial charge is 0.475 e. The van der Waals surface area contributed by atoms with Crippen LogP contribution in [0.15, 0.2) is 78.9 Å². The lowest BCUT2D eigenvalue weighted by atomic mass is 10.0. The minimum absolute atomic E-state index is 0.0853. The van der Waals surface area contributed by atoms with Crippen LogP contribution < -0.4 is 30.9 Å². The van der Waals surface area contributed by atoms with Crippen LogP contribution in [0.4, 0.5) is 18.9 Å². The van der Waals surface area contributed by atoms with Crippen LogP contribution in [-0.2, 0) is 30.8 Å². The van der Waals surface area contributed by atoms with E-state index in [-0.39, 0.29) is 41.2 Å². The number of sulfonamides is 1. The van der Waals surface area contributed by atoms with Crippen LogP contribution in [0.5, 0.6) is 0 Å². The normalized spacial score (nSPS) is 13.4. The van der Waals surface area contributed by atoms with Gasteiger partial charge in [-0.05, 0) is 62.9 Å². The van der Waals surface area contributed by atoms with E-state index in [9.17, 15) is 40.8 Å². The topological polar surface area (TPSA) is 203 Å². The summed E-state index contributed by atoms with van der Waals surface area (Å²) < 4.78 is 57.7. The fourth-order valence-electron chi connectivity index (χ4n) is 5.05. The summed E-state index contributed by atoms with van der Waals surface area (Å²) in [6, 6.07) is 20.9. The molecule has 0 aromatic heterocycles. The maximum Gasteiger partial charge on any atom is 0.490 e. The van der Waals surface area contributed by atoms with E-state index in [1.807, 2.05) is 74.5 Å². The number of carboxylic acids is 1. The largest absolute Gasteiger partial charge is 0.490 e. The molecule has 1 unspecified atom stereocenters. The molecule has 0 bridgehead atoms. The third kappa shape index (κ3) is 15.3. The van der Waals surface area contributed by atoms with Gasteiger partial charge in [0.15, 0.2) is 0 Å². The van der Waals surface area contributed by atoms with Gasteiger partial charge in [-0.2, -0.15) is 13.2 Å². The first-order valence-corrected chi connectivity index (χ1v) is 19.4. The van der Waals surface area contributed by atoms with Crippen molar-refractivity contribution in [1.82, 2.24) is 26.6 Å². The fraction of sp³-hybridized carbons (Fsp3) is 0.395. The van der Waals surface area contributed by atoms with Gasteiger partial charge in [-0.25, -0.2) is 13.2 Å². The van der Waals surface area contributed by atoms with E-state index in [1.54, 1.807) is 13.8 Å². The van der Waals surface area contributed by atoms with Crippen LogP contribution in [0.3, 0.4) is 0 Å². The molecule has 0 aliphatic heterocycles. The fourth-order valence-corrected chi connectivity index (χ4v) is 5.54. The van der Waals surface area contributed by atoms with E-state index >= 15 is 0 Å². The molecular weight excluding hydrogens is 758 g/mol. The highest BCUT2D eigenvalue weighted by atomic mass is 32.2. The summed E-state index contributed by atoms with van der Waals surface area (Å²) in [5.74, 6) is -4.39. The molecule has 3 aromatic carbocycles. The molecular formula is C38H49F3N6O8S. The van der Waals surface area contributed by atoms with E-state index in [0.717, 1.165) is 21.7 Å². The van der Waals surface area contributed by atoms with Gasteiger partial charge in [-0.15, -0.1) is 0 Å². The van der Waals surface area contributed by atoms with E-state index in [4.69, 9.17) is 9.90 Å². The van der Waals surface area contributed by atoms with Gasteiger partial charge in [0.05, 0.1) is 24.0 Å². The van der Waals surface area contributed by atoms with Crippen molar-refractivity contribution in [3.8, 4) is 0 Å². The van der Waals surface area contributed by atoms with Gasteiger partial charge in [0.2, 0.25) is 21.8 Å². The Labute approximate surface area is 324 Å². The molecule has 306 valence electrons. The lowest BCUT2D eigenvalue weighted by Crippen LogP contribution is -2.53. The van der Waals surface area contributed by atoms with Gasteiger partial charge in [0.1, 0.15) is 6.04 Å². The summed E-state index contributed by atoms with van der Waals surface area (Å²) in [5, 5.41) is 21.7. The average molecular weight is 807 g/mol. The average Bonchev–Trinajstić information content (AvgIpc) is 3.15. The molecule has 18 heteroatoms. The molecule has 0 aliphatic rings. The van der Waals surface area contributed by atoms with Crippen LogP contribution in [0.25, 0.3) is 0 Å². The third-order valence-corrected chi connectivity index (χ3v) is 9.51. The number of halogens is 3. The monoisotopic (exact) mass is 806 g/mol. The maximum absolute atomic E-state index is 13.8. The lowest BCUT2D eigenvalue weighted by Gasteiger charge is -2.24. The Balaban J connectivity index is 0.00000141. The molecule has 0 spiro atoms. The number of nitrogens with zero attached hydrogens (tertiary/aromatic N) is 1. The second-order valence-electron chi connectivity index (χ2n) is 12.8. The second kappa shape index (κ2) is 21.6. The van der Waals surface area contributed by atoms with Crippen molar-refractivity contribution in [2.45, 2.75) is 70.9 Å². The number of carboxylic acid groups (broad SMARTS) is 1. The Morgan fingerprint density at radius 3 is 1.80 bits per heavy atom. The predicted molar refractivity (Wildman–Crippen MR) is 205 cm³/mol. The number of anilines is 1. The SMILES string of the molecule is CCNC(=O)[C@H](CC)NC(=O)C(C)NC[C@H](Cc1ccccc1)NC(=O)c1cc(C(=O)N[C@H](C)c2ccccc2)cc(N(C)S(C)(=O)=O)c1.O=C(O)C(F)(F)F. The number of carbonyl (C=O) groups excluding carboxylic acids is 4. The van der Waals surface area contributed by atoms with Gasteiger partial charge in [0.25, 0.3) is 11.8 Å². The first-order chi connectivity index (χ1) is 26.2. The summed E-state index contributed by atoms with van der Waals surface area (Å²) in [7, 11) is -2.37. The van der Waals surface area contributed by atoms with Crippen molar-refractivity contribution >= 4 is 45.3 Å². The molecule has 0 saturated heterocycles. The molecule has 0 heterocycles. The molecule has 6 N–H and O–H groups in total. The summed E-state index contributed by atoms with van der Waals surface area (Å²) in [5.41, 5.74) is 2.17. The molecule has 3 rings (SSSR count). The number of aliphatic carboxylic acids is 1. The molecule has 4 atom stereocenters. The first kappa shape index (κ1) is 46.7. The Kier molecular flexibility index (Phi) is 18.0. The molecule has 14 nitrogen and oxygen atoms in total. The molecule has 3 aromatic rings. The molecule has 4 amide bonds. The molecule has 0 aliphatic carbocycles. The molecule has 0 radical (unpaired) electrons. The van der Waals surface area contributed by atoms with Gasteiger partial charge >= 0.3 is 12.1 Å². The molecule has 0 saturated carbocycles. The van der Waals surface area contributed by atoms with Gasteiger partial charge in [0, 0.05) is 37.3 Å². The van der Waals surface area contributed by atoms with Crippen LogP contribution in [0.2, 0.25) is 0 Å². The van der Waals surface area contributed by atoms with Crippen molar-refractivity contribution < 1.29 is 50.7 Å². The maximum atomic E-state index is 13.8. The lowest BCUT2D eigenvalue weighted by molar-refractivity contribution is -0.192. The zero-order valence-electron chi connectivity index (χ0n) is 31.9. The zero-order chi connectivity index (χ0) is 42.2. The summed E-state index contributed by atoms with van der Waals surface area (Å²) in [6.07, 6.45) is -3.21. The quantitative estimate of drug-likeness (QED) is 0.118. The van der Waals surface area contributed by atoms with Crippen molar-refractivity contribution in [3.63, 3.8) is 0 Å². The van der Waals surface area contributed by atoms with Crippen molar-refractivity contribution in [2.24, 2.45) is 0 Å². The number of likely N-dealkylation sites (N-methyl/N-ethyl adjacent to an activating group) is 1. The van der Waals surface area contributed by atoms with Gasteiger partial charge in [-0.3, -0.25) is 23.5 Å². The number of alkyl halides is 3. The summed E-state index contributed by atoms with van der Waals surface area (Å²) in [4.78, 5) is 61.4. The van der Waals surface area contributed by atoms with Gasteiger partial charge < -0.3 is 31.7 Å². The highest BCUT2D eigenvalue weighted by Crippen LogP contribution is 2.22. The van der Waals surface area contributed by atoms with E-state index in [2.05, 4.69) is 26.6 Å².